The number of nitrogens with one attached hydrogen (secondary N) is 5. The van der Waals surface area contributed by atoms with Crippen LogP contribution >= 0.6 is 12.6 Å². The maximum atomic E-state index is 14.6. The molecule has 0 saturated carbocycles. The second-order valence-electron chi connectivity index (χ2n) is 15.3. The fourth-order valence-corrected chi connectivity index (χ4v) is 7.30. The summed E-state index contributed by atoms with van der Waals surface area (Å²) in [6, 6.07) is 12.5. The molecule has 0 spiro atoms. The number of imide groups is 1. The number of nitrogens with zero attached hydrogens (tertiary/aromatic N) is 1. The summed E-state index contributed by atoms with van der Waals surface area (Å²) >= 11 is 4.36. The summed E-state index contributed by atoms with van der Waals surface area (Å²) in [5, 5.41) is 33.6. The van der Waals surface area contributed by atoms with E-state index >= 15 is 0 Å². The highest BCUT2D eigenvalue weighted by Crippen LogP contribution is 2.18. The van der Waals surface area contributed by atoms with Crippen LogP contribution < -0.4 is 32.3 Å². The lowest BCUT2D eigenvalue weighted by molar-refractivity contribution is -0.152. The quantitative estimate of drug-likeness (QED) is 0.0884. The van der Waals surface area contributed by atoms with Crippen LogP contribution in [0.3, 0.4) is 0 Å². The van der Waals surface area contributed by atoms with E-state index in [1.807, 2.05) is 0 Å². The van der Waals surface area contributed by atoms with Gasteiger partial charge in [0.1, 0.15) is 47.8 Å². The third-order valence-electron chi connectivity index (χ3n) is 10.7. The molecule has 1 heterocycles. The molecule has 7 amide bonds. The standard InChI is InChI=1S/C44H57N7O9S/c1-4-26(2)38-43(59)48-35(23-30-15-19-32(54)20-16-30)40(56)46-33(12-8-9-21-45)39(55)47-34(22-29-13-17-31(53)18-14-29)41(57)49-36(24-28-10-6-5-7-11-28)44(60)51(27(3)52)37(25-61)42(58)50-38/h5-7,10-11,13-20,26,33-38,53-54,61H,4,8-9,12,21-25,45H2,1-3H3,(H,46,56)(H,47,55)(H,48,59)(H,49,57)(H,50,58)/t26-,33-,34-,35-,36-,37-,38-/m0/s1. The van der Waals surface area contributed by atoms with Gasteiger partial charge in [0.25, 0.3) is 5.91 Å². The van der Waals surface area contributed by atoms with Crippen LogP contribution in [0.15, 0.2) is 78.9 Å². The van der Waals surface area contributed by atoms with Crippen LogP contribution in [0.2, 0.25) is 0 Å². The second kappa shape index (κ2) is 23.2. The molecule has 17 heteroatoms. The minimum atomic E-state index is -1.54. The SMILES string of the molecule is CC[C@H](C)[C@@H]1NC(=O)[C@H](CS)N(C(C)=O)C(=O)[C@H](Cc2ccccc2)NC(=O)[C@H](Cc2ccc(O)cc2)NC(=O)[C@H](CCCCN)NC(=O)[C@H](Cc2ccc(O)cc2)NC1=O. The number of hydrogen-bond acceptors (Lipinski definition) is 11. The molecule has 0 bridgehead atoms. The summed E-state index contributed by atoms with van der Waals surface area (Å²) in [6.07, 6.45) is 1.08. The first-order valence-corrected chi connectivity index (χ1v) is 21.0. The van der Waals surface area contributed by atoms with Crippen LogP contribution in [0, 0.1) is 5.92 Å². The summed E-state index contributed by atoms with van der Waals surface area (Å²) < 4.78 is 0. The molecule has 0 aromatic heterocycles. The molecule has 61 heavy (non-hydrogen) atoms. The Morgan fingerprint density at radius 2 is 1.11 bits per heavy atom. The van der Waals surface area contributed by atoms with E-state index in [0.717, 1.165) is 6.92 Å². The van der Waals surface area contributed by atoms with Gasteiger partial charge in [0.05, 0.1) is 0 Å². The zero-order chi connectivity index (χ0) is 44.6. The van der Waals surface area contributed by atoms with Crippen LogP contribution in [0.5, 0.6) is 11.5 Å². The minimum absolute atomic E-state index is 0.0211. The number of phenolic OH excluding ortho intramolecular Hbond substituents is 2. The fraction of sp³-hybridized carbons (Fsp3) is 0.432. The Labute approximate surface area is 361 Å². The van der Waals surface area contributed by atoms with Crippen LogP contribution in [0.4, 0.5) is 0 Å². The van der Waals surface area contributed by atoms with Crippen molar-refractivity contribution in [3.05, 3.63) is 95.6 Å². The molecule has 1 fully saturated rings. The van der Waals surface area contributed by atoms with Gasteiger partial charge in [0, 0.05) is 31.9 Å². The van der Waals surface area contributed by atoms with E-state index in [2.05, 4.69) is 39.2 Å². The van der Waals surface area contributed by atoms with Gasteiger partial charge in [-0.15, -0.1) is 0 Å². The Hall–Kier alpha value is -5.94. The molecule has 0 aliphatic carbocycles. The van der Waals surface area contributed by atoms with Gasteiger partial charge in [-0.05, 0) is 72.7 Å². The zero-order valence-electron chi connectivity index (χ0n) is 34.6. The van der Waals surface area contributed by atoms with E-state index in [4.69, 9.17) is 5.73 Å². The van der Waals surface area contributed by atoms with Crippen molar-refractivity contribution in [2.75, 3.05) is 12.3 Å². The largest absolute Gasteiger partial charge is 0.508 e. The third kappa shape index (κ3) is 13.8. The van der Waals surface area contributed by atoms with Crippen LogP contribution in [0.25, 0.3) is 0 Å². The number of unbranched alkanes of at least 4 members (excludes halogenated alkanes) is 1. The van der Waals surface area contributed by atoms with Gasteiger partial charge in [-0.3, -0.25) is 38.5 Å². The van der Waals surface area contributed by atoms with Gasteiger partial charge < -0.3 is 42.5 Å². The summed E-state index contributed by atoms with van der Waals surface area (Å²) in [4.78, 5) is 100. The van der Waals surface area contributed by atoms with E-state index < -0.39 is 83.5 Å². The molecule has 0 radical (unpaired) electrons. The summed E-state index contributed by atoms with van der Waals surface area (Å²) in [7, 11) is 0. The first-order valence-electron chi connectivity index (χ1n) is 20.4. The lowest BCUT2D eigenvalue weighted by Crippen LogP contribution is -2.64. The topological polar surface area (TPSA) is 249 Å². The first-order chi connectivity index (χ1) is 29.1. The Bertz CT molecular complexity index is 1980. The summed E-state index contributed by atoms with van der Waals surface area (Å²) in [6.45, 7) is 4.92. The molecule has 1 saturated heterocycles. The number of aromatic hydroxyl groups is 2. The van der Waals surface area contributed by atoms with Gasteiger partial charge in [0.15, 0.2) is 0 Å². The van der Waals surface area contributed by atoms with Crippen LogP contribution in [0.1, 0.15) is 63.1 Å². The monoisotopic (exact) mass is 859 g/mol. The van der Waals surface area contributed by atoms with Crippen molar-refractivity contribution < 1.29 is 43.8 Å². The van der Waals surface area contributed by atoms with Gasteiger partial charge >= 0.3 is 0 Å². The molecular formula is C44H57N7O9S. The number of amides is 7. The zero-order valence-corrected chi connectivity index (χ0v) is 35.5. The van der Waals surface area contributed by atoms with E-state index in [1.165, 1.54) is 24.3 Å². The molecule has 328 valence electrons. The average Bonchev–Trinajstić information content (AvgIpc) is 3.24. The van der Waals surface area contributed by atoms with Crippen molar-refractivity contribution in [2.24, 2.45) is 11.7 Å². The highest BCUT2D eigenvalue weighted by molar-refractivity contribution is 7.80. The van der Waals surface area contributed by atoms with E-state index in [0.29, 0.717) is 47.4 Å². The molecule has 3 aromatic rings. The molecule has 3 aromatic carbocycles. The van der Waals surface area contributed by atoms with E-state index in [-0.39, 0.29) is 42.9 Å². The van der Waals surface area contributed by atoms with Crippen LogP contribution in [-0.2, 0) is 52.8 Å². The average molecular weight is 860 g/mol. The van der Waals surface area contributed by atoms with Gasteiger partial charge in [-0.1, -0.05) is 74.9 Å². The van der Waals surface area contributed by atoms with Crippen molar-refractivity contribution in [3.63, 3.8) is 0 Å². The molecule has 7 atom stereocenters. The van der Waals surface area contributed by atoms with E-state index in [1.54, 1.807) is 68.4 Å². The highest BCUT2D eigenvalue weighted by Gasteiger charge is 2.40. The summed E-state index contributed by atoms with van der Waals surface area (Å²) in [5.74, 6) is -6.59. The predicted octanol–water partition coefficient (Wildman–Crippen LogP) is 1.41. The number of benzene rings is 3. The number of carbonyl (C=O) groups is 7. The molecule has 1 aliphatic heterocycles. The van der Waals surface area contributed by atoms with Crippen molar-refractivity contribution in [2.45, 2.75) is 102 Å². The Kier molecular flexibility index (Phi) is 18.1. The molecular weight excluding hydrogens is 803 g/mol. The third-order valence-corrected chi connectivity index (χ3v) is 11.0. The number of phenols is 2. The number of carbonyl (C=O) groups excluding carboxylic acids is 7. The van der Waals surface area contributed by atoms with Crippen molar-refractivity contribution in [1.82, 2.24) is 31.5 Å². The molecule has 0 unspecified atom stereocenters. The number of rotatable bonds is 13. The normalized spacial score (nSPS) is 22.7. The number of hydrogen-bond donors (Lipinski definition) is 9. The molecule has 4 rings (SSSR count). The Morgan fingerprint density at radius 3 is 1.61 bits per heavy atom. The van der Waals surface area contributed by atoms with Crippen molar-refractivity contribution >= 4 is 54.0 Å². The van der Waals surface area contributed by atoms with Crippen LogP contribution in [-0.4, -0.2) is 105 Å². The van der Waals surface area contributed by atoms with Gasteiger partial charge in [0.2, 0.25) is 35.4 Å². The minimum Gasteiger partial charge on any atom is -0.508 e. The summed E-state index contributed by atoms with van der Waals surface area (Å²) in [5.41, 5.74) is 7.46. The van der Waals surface area contributed by atoms with Crippen molar-refractivity contribution in [1.29, 1.82) is 0 Å². The van der Waals surface area contributed by atoms with Gasteiger partial charge in [-0.2, -0.15) is 12.6 Å². The Morgan fingerprint density at radius 1 is 0.656 bits per heavy atom. The second-order valence-corrected chi connectivity index (χ2v) is 15.6. The van der Waals surface area contributed by atoms with E-state index in [9.17, 15) is 43.8 Å². The fourth-order valence-electron chi connectivity index (χ4n) is 6.97. The lowest BCUT2D eigenvalue weighted by atomic mass is 9.96. The molecule has 9 N–H and O–H groups in total. The predicted molar refractivity (Wildman–Crippen MR) is 231 cm³/mol. The number of nitrogens with two attached hydrogens (primary N) is 1. The smallest absolute Gasteiger partial charge is 0.252 e. The van der Waals surface area contributed by atoms with Gasteiger partial charge in [-0.25, -0.2) is 0 Å². The Balaban J connectivity index is 1.88. The molecule has 16 nitrogen and oxygen atoms in total. The lowest BCUT2D eigenvalue weighted by Gasteiger charge is -2.34. The van der Waals surface area contributed by atoms with Crippen molar-refractivity contribution in [3.8, 4) is 11.5 Å². The first kappa shape index (κ1) is 47.7. The highest BCUT2D eigenvalue weighted by atomic mass is 32.1. The maximum Gasteiger partial charge on any atom is 0.252 e. The maximum absolute atomic E-state index is 14.6. The number of thiol groups is 1. The molecule has 1 aliphatic rings.